The van der Waals surface area contributed by atoms with Crippen molar-refractivity contribution in [2.45, 2.75) is 77.0 Å². The highest BCUT2D eigenvalue weighted by molar-refractivity contribution is 5.59. The van der Waals surface area contributed by atoms with Crippen molar-refractivity contribution in [1.82, 2.24) is 19.9 Å². The molecule has 0 aliphatic heterocycles. The molecule has 6 atom stereocenters. The smallest absolute Gasteiger partial charge is 0.0889 e. The monoisotopic (exact) mass is 602 g/mol. The Labute approximate surface area is 272 Å². The van der Waals surface area contributed by atoms with E-state index in [0.717, 1.165) is 35.6 Å². The summed E-state index contributed by atoms with van der Waals surface area (Å²) in [6.45, 7) is 9.92. The Balaban J connectivity index is 1.04. The number of aromatic nitrogens is 4. The van der Waals surface area contributed by atoms with Crippen molar-refractivity contribution in [2.24, 2.45) is 22.7 Å². The third-order valence-electron chi connectivity index (χ3n) is 12.9. The van der Waals surface area contributed by atoms with E-state index in [1.165, 1.54) is 46.2 Å². The molecule has 0 N–H and O–H groups in total. The standard InChI is InChI=1S/C42H42N4/c1-41(2)33-21-35(41)31-23-45-39(37-12-5-7-14-43-37)19-27(31)29(33)17-25-10-9-11-26(16-25)18-30-28-20-40(38-13-6-8-15-44-38)46-24-32(28)36-22-34(30)42(36,3)4/h5-16,19-20,23-24,29-30,33-36H,17-18,21-22H2,1-4H3/t29-,30-,33-,34+,35-,36-/m0/s1. The molecule has 4 aromatic heterocycles. The van der Waals surface area contributed by atoms with E-state index in [9.17, 15) is 0 Å². The van der Waals surface area contributed by atoms with Gasteiger partial charge in [-0.1, -0.05) is 64.1 Å². The van der Waals surface area contributed by atoms with Gasteiger partial charge in [-0.15, -0.1) is 0 Å². The molecule has 2 saturated carbocycles. The topological polar surface area (TPSA) is 51.6 Å². The van der Waals surface area contributed by atoms with E-state index in [2.05, 4.69) is 111 Å². The molecule has 0 radical (unpaired) electrons. The third kappa shape index (κ3) is 4.18. The fraction of sp³-hybridized carbons (Fsp3) is 0.381. The van der Waals surface area contributed by atoms with E-state index in [0.29, 0.717) is 46.3 Å². The van der Waals surface area contributed by atoms with Crippen molar-refractivity contribution in [3.63, 3.8) is 0 Å². The van der Waals surface area contributed by atoms with Gasteiger partial charge in [-0.25, -0.2) is 0 Å². The fourth-order valence-electron chi connectivity index (χ4n) is 10.2. The molecule has 2 fully saturated rings. The first-order chi connectivity index (χ1) is 22.3. The van der Waals surface area contributed by atoms with Gasteiger partial charge < -0.3 is 0 Å². The molecule has 5 aromatic rings. The van der Waals surface area contributed by atoms with Gasteiger partial charge >= 0.3 is 0 Å². The molecule has 4 bridgehead atoms. The predicted molar refractivity (Wildman–Crippen MR) is 184 cm³/mol. The summed E-state index contributed by atoms with van der Waals surface area (Å²) >= 11 is 0. The van der Waals surface area contributed by atoms with Gasteiger partial charge in [0.2, 0.25) is 0 Å². The Morgan fingerprint density at radius 2 is 1.00 bits per heavy atom. The van der Waals surface area contributed by atoms with Crippen LogP contribution < -0.4 is 0 Å². The zero-order chi connectivity index (χ0) is 31.2. The summed E-state index contributed by atoms with van der Waals surface area (Å²) in [6, 6.07) is 26.5. The lowest BCUT2D eigenvalue weighted by Crippen LogP contribution is -2.51. The first kappa shape index (κ1) is 28.1. The normalized spacial score (nSPS) is 27.5. The summed E-state index contributed by atoms with van der Waals surface area (Å²) in [5.41, 5.74) is 13.4. The van der Waals surface area contributed by atoms with Crippen LogP contribution in [0.1, 0.15) is 97.6 Å². The van der Waals surface area contributed by atoms with Crippen molar-refractivity contribution < 1.29 is 0 Å². The molecule has 6 aliphatic carbocycles. The summed E-state index contributed by atoms with van der Waals surface area (Å²) in [7, 11) is 0. The maximum atomic E-state index is 4.92. The van der Waals surface area contributed by atoms with Crippen LogP contribution in [0.3, 0.4) is 0 Å². The molecule has 6 aliphatic rings. The molecule has 4 nitrogen and oxygen atoms in total. The minimum Gasteiger partial charge on any atom is -0.255 e. The van der Waals surface area contributed by atoms with Crippen LogP contribution in [0.25, 0.3) is 22.8 Å². The fourth-order valence-corrected chi connectivity index (χ4v) is 10.2. The lowest BCUT2D eigenvalue weighted by Gasteiger charge is -2.60. The SMILES string of the molecule is CC1(C)[C@@H]2C[C@H]1c1cnc(-c3ccccn3)cc1[C@@H]2Cc1cccc(C[C@H]2c3cc(-c4ccccn4)ncc3[C@@H]3C[C@@H]2C3(C)C)c1. The average Bonchev–Trinajstić information content (AvgIpc) is 3.08. The van der Waals surface area contributed by atoms with Crippen LogP contribution >= 0.6 is 0 Å². The molecule has 0 unspecified atom stereocenters. The Morgan fingerprint density at radius 1 is 0.522 bits per heavy atom. The largest absolute Gasteiger partial charge is 0.255 e. The lowest BCUT2D eigenvalue weighted by atomic mass is 9.43. The molecular weight excluding hydrogens is 560 g/mol. The Kier molecular flexibility index (Phi) is 6.20. The van der Waals surface area contributed by atoms with Crippen molar-refractivity contribution >= 4 is 0 Å². The number of pyridine rings is 4. The van der Waals surface area contributed by atoms with E-state index in [4.69, 9.17) is 9.97 Å². The minimum atomic E-state index is 0.307. The maximum absolute atomic E-state index is 4.92. The highest BCUT2D eigenvalue weighted by Crippen LogP contribution is 2.68. The first-order valence-electron chi connectivity index (χ1n) is 17.2. The second-order valence-electron chi connectivity index (χ2n) is 15.7. The molecule has 0 saturated heterocycles. The predicted octanol–water partition coefficient (Wildman–Crippen LogP) is 9.54. The van der Waals surface area contributed by atoms with Crippen LogP contribution in [0.4, 0.5) is 0 Å². The second-order valence-corrected chi connectivity index (χ2v) is 15.7. The van der Waals surface area contributed by atoms with E-state index < -0.39 is 0 Å². The van der Waals surface area contributed by atoms with E-state index in [1.807, 2.05) is 24.5 Å². The molecule has 4 heteroatoms. The number of benzene rings is 1. The first-order valence-corrected chi connectivity index (χ1v) is 17.2. The Hall–Kier alpha value is -4.18. The van der Waals surface area contributed by atoms with Crippen LogP contribution in [0.5, 0.6) is 0 Å². The molecule has 0 spiro atoms. The molecule has 0 amide bonds. The maximum Gasteiger partial charge on any atom is 0.0889 e. The van der Waals surface area contributed by atoms with Gasteiger partial charge in [-0.3, -0.25) is 19.9 Å². The van der Waals surface area contributed by atoms with Gasteiger partial charge in [0.15, 0.2) is 0 Å². The number of hydrogen-bond donors (Lipinski definition) is 0. The number of hydrogen-bond acceptors (Lipinski definition) is 4. The summed E-state index contributed by atoms with van der Waals surface area (Å²) in [6.07, 6.45) is 12.8. The molecule has 4 heterocycles. The number of nitrogens with zero attached hydrogens (tertiary/aromatic N) is 4. The molecule has 46 heavy (non-hydrogen) atoms. The van der Waals surface area contributed by atoms with Crippen LogP contribution in [-0.2, 0) is 12.8 Å². The van der Waals surface area contributed by atoms with Crippen molar-refractivity contribution in [2.75, 3.05) is 0 Å². The highest BCUT2D eigenvalue weighted by Gasteiger charge is 2.58. The average molecular weight is 603 g/mol. The van der Waals surface area contributed by atoms with Crippen LogP contribution in [0.15, 0.2) is 97.6 Å². The van der Waals surface area contributed by atoms with Gasteiger partial charge in [0, 0.05) is 24.8 Å². The van der Waals surface area contributed by atoms with Crippen LogP contribution in [0.2, 0.25) is 0 Å². The molecule has 1 aromatic carbocycles. The van der Waals surface area contributed by atoms with E-state index in [1.54, 1.807) is 0 Å². The minimum absolute atomic E-state index is 0.307. The van der Waals surface area contributed by atoms with E-state index in [-0.39, 0.29) is 0 Å². The van der Waals surface area contributed by atoms with Crippen molar-refractivity contribution in [3.05, 3.63) is 131 Å². The van der Waals surface area contributed by atoms with Crippen LogP contribution in [-0.4, -0.2) is 19.9 Å². The molecular formula is C42H42N4. The lowest BCUT2D eigenvalue weighted by molar-refractivity contribution is -0.00613. The third-order valence-corrected chi connectivity index (χ3v) is 12.9. The Morgan fingerprint density at radius 3 is 1.41 bits per heavy atom. The van der Waals surface area contributed by atoms with Crippen molar-refractivity contribution in [1.29, 1.82) is 0 Å². The molecule has 11 rings (SSSR count). The quantitative estimate of drug-likeness (QED) is 0.194. The molecule has 230 valence electrons. The number of rotatable bonds is 6. The summed E-state index contributed by atoms with van der Waals surface area (Å²) in [5.74, 6) is 3.55. The summed E-state index contributed by atoms with van der Waals surface area (Å²) in [5, 5.41) is 0. The van der Waals surface area contributed by atoms with E-state index >= 15 is 0 Å². The van der Waals surface area contributed by atoms with Crippen molar-refractivity contribution in [3.8, 4) is 22.8 Å². The van der Waals surface area contributed by atoms with Gasteiger partial charge in [-0.2, -0.15) is 0 Å². The summed E-state index contributed by atoms with van der Waals surface area (Å²) in [4.78, 5) is 19.1. The van der Waals surface area contributed by atoms with Gasteiger partial charge in [0.05, 0.1) is 22.8 Å². The second kappa shape index (κ2) is 10.2. The van der Waals surface area contributed by atoms with Crippen LogP contribution in [0, 0.1) is 22.7 Å². The van der Waals surface area contributed by atoms with Gasteiger partial charge in [-0.05, 0) is 142 Å². The van der Waals surface area contributed by atoms with Gasteiger partial charge in [0.25, 0.3) is 0 Å². The zero-order valence-corrected chi connectivity index (χ0v) is 27.3. The van der Waals surface area contributed by atoms with Gasteiger partial charge in [0.1, 0.15) is 0 Å². The Bertz CT molecular complexity index is 1810. The highest BCUT2D eigenvalue weighted by atomic mass is 14.8. The summed E-state index contributed by atoms with van der Waals surface area (Å²) < 4.78 is 0. The zero-order valence-electron chi connectivity index (χ0n) is 27.3.